The van der Waals surface area contributed by atoms with Gasteiger partial charge >= 0.3 is 0 Å². The number of β-amino-alcohol motifs (C(OH)–C–C–N with tert-alkyl or cyclic N) is 1. The Morgan fingerprint density at radius 1 is 0.869 bits per heavy atom. The van der Waals surface area contributed by atoms with E-state index in [1.807, 2.05) is 87.9 Å². The molecule has 20 nitrogen and oxygen atoms in total. The van der Waals surface area contributed by atoms with Crippen molar-refractivity contribution < 1.29 is 33.8 Å². The zero-order valence-corrected chi connectivity index (χ0v) is 49.4. The summed E-state index contributed by atoms with van der Waals surface area (Å²) < 4.78 is 18.5. The number of nitrogens with one attached hydrogen (secondary N) is 1. The van der Waals surface area contributed by atoms with Crippen LogP contribution in [0.25, 0.3) is 21.7 Å². The molecule has 0 radical (unpaired) electrons. The van der Waals surface area contributed by atoms with Crippen molar-refractivity contribution in [1.82, 2.24) is 45.3 Å². The SMILES string of the molecule is Cc1ncsc1-c1ccc([C@H](C)NC(=O)[C@@H]2C[C@@H](O)CN2C(=O)[C@@H](c2cc(N3CCC(CN4CCN(CC5CC(Oc6cc(N7C8CCC7CN(c7cc(-c9ccccc9O)nnc7N)C8)ccn6)C5)C5(COC5)C4)CC3)no2)C(C)C)cc1. The fourth-order valence-corrected chi connectivity index (χ4v) is 15.4. The minimum Gasteiger partial charge on any atom is -0.507 e. The van der Waals surface area contributed by atoms with Crippen molar-refractivity contribution in [2.24, 2.45) is 17.8 Å². The number of phenolic OH excluding ortho intramolecular Hbond substituents is 1. The number of nitrogens with two attached hydrogens (primary N) is 1. The van der Waals surface area contributed by atoms with Crippen LogP contribution in [0.15, 0.2) is 89.0 Å². The molecule has 1 aliphatic carbocycles. The Morgan fingerprint density at radius 3 is 2.36 bits per heavy atom. The number of piperidine rings is 1. The number of para-hydroxylation sites is 1. The number of nitrogens with zero attached hydrogens (tertiary/aromatic N) is 11. The van der Waals surface area contributed by atoms with E-state index >= 15 is 0 Å². The Kier molecular flexibility index (Phi) is 15.7. The number of likely N-dealkylation sites (tertiary alicyclic amines) is 1. The molecule has 6 saturated heterocycles. The molecule has 6 aliphatic heterocycles. The van der Waals surface area contributed by atoms with Crippen molar-refractivity contribution in [2.75, 3.05) is 99.1 Å². The number of hydrogen-bond donors (Lipinski definition) is 4. The van der Waals surface area contributed by atoms with Crippen molar-refractivity contribution in [3.8, 4) is 33.3 Å². The van der Waals surface area contributed by atoms with E-state index < -0.39 is 18.1 Å². The summed E-state index contributed by atoms with van der Waals surface area (Å²) in [6, 6.07) is 22.9. The third kappa shape index (κ3) is 11.3. The molecule has 2 aromatic carbocycles. The number of phenols is 1. The third-order valence-electron chi connectivity index (χ3n) is 19.2. The molecular formula is C63H79N13O7S. The Labute approximate surface area is 495 Å². The topological polar surface area (TPSA) is 228 Å². The van der Waals surface area contributed by atoms with Crippen molar-refractivity contribution in [1.29, 1.82) is 0 Å². The van der Waals surface area contributed by atoms with Crippen molar-refractivity contribution >= 4 is 46.2 Å². The van der Waals surface area contributed by atoms with Gasteiger partial charge in [0.1, 0.15) is 23.8 Å². The molecule has 7 aliphatic rings. The molecule has 84 heavy (non-hydrogen) atoms. The van der Waals surface area contributed by atoms with Gasteiger partial charge in [0.25, 0.3) is 0 Å². The summed E-state index contributed by atoms with van der Waals surface area (Å²) in [4.78, 5) is 52.6. The first-order chi connectivity index (χ1) is 40.7. The van der Waals surface area contributed by atoms with Crippen LogP contribution < -0.4 is 30.5 Å². The number of carbonyl (C=O) groups excluding carboxylic acids is 2. The van der Waals surface area contributed by atoms with Gasteiger partial charge in [-0.1, -0.05) is 55.4 Å². The highest BCUT2D eigenvalue weighted by Gasteiger charge is 2.50. The zero-order valence-electron chi connectivity index (χ0n) is 48.6. The minimum atomic E-state index is -0.806. The van der Waals surface area contributed by atoms with Gasteiger partial charge < -0.3 is 54.9 Å². The Hall–Kier alpha value is -6.91. The van der Waals surface area contributed by atoms with E-state index in [0.29, 0.717) is 52.6 Å². The standard InChI is InChI=1S/C63H79N13O7S/c1-38(2)58(62(80)75-33-48(77)26-53(75)61(79)67-39(3)43-9-11-44(12-10-43)59-40(4)66-37-84-59)55-28-56(70-83-55)72-19-16-41(17-20-72)29-71-21-22-74(63(34-71)35-81-36-63)30-42-23-49(24-42)82-57-25-45(15-18-65-57)76-46-13-14-47(76)32-73(31-46)52-27-51(68-69-60(52)64)50-7-5-6-8-54(50)78/h5-12,15,18,25,27-28,37-39,41-42,46-49,53,58,77-78H,13-14,16-17,19-24,26,29-36H2,1-4H3,(H2,64,69)(H,67,79)/t39-,42?,46?,47?,48+,49?,53-,58+/m0/s1. The number of rotatable bonds is 17. The van der Waals surface area contributed by atoms with Crippen LogP contribution in [-0.4, -0.2) is 177 Å². The summed E-state index contributed by atoms with van der Waals surface area (Å²) in [6.07, 6.45) is 7.69. The van der Waals surface area contributed by atoms with Gasteiger partial charge in [-0.05, 0) is 106 Å². The molecule has 2 amide bonds. The number of hydrogen-bond acceptors (Lipinski definition) is 19. The number of carbonyl (C=O) groups is 2. The second-order valence-corrected chi connectivity index (χ2v) is 26.2. The van der Waals surface area contributed by atoms with Crippen LogP contribution in [0.5, 0.6) is 11.6 Å². The van der Waals surface area contributed by atoms with E-state index in [9.17, 15) is 19.8 Å². The first kappa shape index (κ1) is 56.2. The van der Waals surface area contributed by atoms with E-state index in [1.54, 1.807) is 28.4 Å². The predicted molar refractivity (Wildman–Crippen MR) is 322 cm³/mol. The predicted octanol–water partition coefficient (Wildman–Crippen LogP) is 7.14. The Bertz CT molecular complexity index is 3290. The van der Waals surface area contributed by atoms with Gasteiger partial charge in [-0.2, -0.15) is 0 Å². The second kappa shape index (κ2) is 23.5. The molecule has 1 spiro atoms. The summed E-state index contributed by atoms with van der Waals surface area (Å²) in [5, 5.41) is 37.6. The number of aryl methyl sites for hydroxylation is 1. The van der Waals surface area contributed by atoms with Crippen molar-refractivity contribution in [3.63, 3.8) is 0 Å². The van der Waals surface area contributed by atoms with E-state index in [2.05, 4.69) is 67.3 Å². The largest absolute Gasteiger partial charge is 0.507 e. The van der Waals surface area contributed by atoms with E-state index in [0.717, 1.165) is 150 Å². The van der Waals surface area contributed by atoms with Crippen LogP contribution in [0.3, 0.4) is 0 Å². The molecule has 10 heterocycles. The van der Waals surface area contributed by atoms with Crippen LogP contribution in [0.1, 0.15) is 94.7 Å². The van der Waals surface area contributed by atoms with Crippen molar-refractivity contribution in [2.45, 2.75) is 120 Å². The minimum absolute atomic E-state index is 0.0584. The molecule has 444 valence electrons. The number of nitrogen functional groups attached to an aromatic ring is 1. The summed E-state index contributed by atoms with van der Waals surface area (Å²) >= 11 is 1.60. The number of ether oxygens (including phenoxy) is 2. The quantitative estimate of drug-likeness (QED) is 0.0711. The highest BCUT2D eigenvalue weighted by molar-refractivity contribution is 7.13. The smallest absolute Gasteiger partial charge is 0.243 e. The van der Waals surface area contributed by atoms with E-state index in [1.165, 1.54) is 0 Å². The first-order valence-corrected chi connectivity index (χ1v) is 31.2. The number of thiazole rings is 1. The van der Waals surface area contributed by atoms with Crippen molar-refractivity contribution in [3.05, 3.63) is 102 Å². The average molecular weight is 1160 g/mol. The van der Waals surface area contributed by atoms with Crippen LogP contribution in [0, 0.1) is 24.7 Å². The van der Waals surface area contributed by atoms with Gasteiger partial charge in [0.05, 0.1) is 58.4 Å². The lowest BCUT2D eigenvalue weighted by molar-refractivity contribution is -0.177. The molecule has 2 bridgehead atoms. The molecule has 2 unspecified atom stereocenters. The van der Waals surface area contributed by atoms with Crippen LogP contribution in [-0.2, 0) is 14.3 Å². The lowest BCUT2D eigenvalue weighted by Crippen LogP contribution is -2.72. The zero-order chi connectivity index (χ0) is 57.8. The number of amides is 2. The number of anilines is 4. The van der Waals surface area contributed by atoms with Gasteiger partial charge in [0.15, 0.2) is 17.4 Å². The maximum Gasteiger partial charge on any atom is 0.243 e. The summed E-state index contributed by atoms with van der Waals surface area (Å²) in [6.45, 7) is 18.1. The first-order valence-electron chi connectivity index (χ1n) is 30.4. The molecule has 13 rings (SSSR count). The molecule has 4 aromatic heterocycles. The summed E-state index contributed by atoms with van der Waals surface area (Å²) in [5.41, 5.74) is 14.6. The molecule has 6 atom stereocenters. The number of fused-ring (bicyclic) bond motifs is 2. The summed E-state index contributed by atoms with van der Waals surface area (Å²) in [5.74, 6) is 2.30. The lowest BCUT2D eigenvalue weighted by Gasteiger charge is -2.57. The highest BCUT2D eigenvalue weighted by atomic mass is 32.1. The third-order valence-corrected chi connectivity index (χ3v) is 20.2. The number of benzene rings is 2. The molecule has 21 heteroatoms. The van der Waals surface area contributed by atoms with E-state index in [4.69, 9.17) is 19.7 Å². The molecule has 6 aromatic rings. The second-order valence-electron chi connectivity index (χ2n) is 25.3. The highest BCUT2D eigenvalue weighted by Crippen LogP contribution is 2.42. The molecule has 7 fully saturated rings. The van der Waals surface area contributed by atoms with Crippen LogP contribution >= 0.6 is 11.3 Å². The maximum absolute atomic E-state index is 14.5. The average Bonchev–Trinajstić information content (AvgIpc) is 2.25. The number of aromatic nitrogens is 5. The maximum atomic E-state index is 14.5. The normalized spacial score (nSPS) is 25.2. The number of aliphatic hydroxyl groups excluding tert-OH is 1. The van der Waals surface area contributed by atoms with Gasteiger partial charge in [-0.25, -0.2) is 9.97 Å². The lowest BCUT2D eigenvalue weighted by atomic mass is 9.80. The van der Waals surface area contributed by atoms with Crippen LogP contribution in [0.4, 0.5) is 23.0 Å². The van der Waals surface area contributed by atoms with Gasteiger partial charge in [-0.15, -0.1) is 21.5 Å². The van der Waals surface area contributed by atoms with E-state index in [-0.39, 0.29) is 54.1 Å². The van der Waals surface area contributed by atoms with Gasteiger partial charge in [0.2, 0.25) is 17.7 Å². The fraction of sp³-hybridized carbons (Fsp3) is 0.540. The number of piperazine rings is 2. The monoisotopic (exact) mass is 1160 g/mol. The fourth-order valence-electron chi connectivity index (χ4n) is 14.6. The number of pyridine rings is 1. The van der Waals surface area contributed by atoms with Crippen LogP contribution in [0.2, 0.25) is 0 Å². The molecule has 1 saturated carbocycles. The van der Waals surface area contributed by atoms with Gasteiger partial charge in [-0.3, -0.25) is 19.4 Å². The summed E-state index contributed by atoms with van der Waals surface area (Å²) in [7, 11) is 0. The number of aromatic hydroxyl groups is 1. The number of aliphatic hydroxyl groups is 1. The molecule has 5 N–H and O–H groups in total. The Balaban J connectivity index is 0.558. The van der Waals surface area contributed by atoms with Gasteiger partial charge in [0, 0.05) is 114 Å². The Morgan fingerprint density at radius 2 is 1.64 bits per heavy atom. The molecular weight excluding hydrogens is 1080 g/mol.